The van der Waals surface area contributed by atoms with Gasteiger partial charge in [-0.3, -0.25) is 0 Å². The van der Waals surface area contributed by atoms with Crippen LogP contribution in [0, 0.1) is 0 Å². The van der Waals surface area contributed by atoms with Gasteiger partial charge in [0.05, 0.1) is 0 Å². The van der Waals surface area contributed by atoms with Crippen molar-refractivity contribution in [1.29, 1.82) is 0 Å². The lowest BCUT2D eigenvalue weighted by Gasteiger charge is -2.17. The van der Waals surface area contributed by atoms with Crippen molar-refractivity contribution < 1.29 is 8.42 Å². The van der Waals surface area contributed by atoms with E-state index < -0.39 is 10.2 Å². The van der Waals surface area contributed by atoms with Gasteiger partial charge in [-0.25, -0.2) is 4.72 Å². The number of hydrogen-bond donors (Lipinski definition) is 2. The van der Waals surface area contributed by atoms with Crippen molar-refractivity contribution in [2.24, 2.45) is 5.73 Å². The van der Waals surface area contributed by atoms with Gasteiger partial charge in [0, 0.05) is 25.2 Å². The summed E-state index contributed by atoms with van der Waals surface area (Å²) in [4.78, 5) is 0. The highest BCUT2D eigenvalue weighted by atomic mass is 35.5. The van der Waals surface area contributed by atoms with E-state index in [1.54, 1.807) is 19.2 Å². The fourth-order valence-corrected chi connectivity index (χ4v) is 2.60. The van der Waals surface area contributed by atoms with Gasteiger partial charge in [-0.15, -0.1) is 0 Å². The maximum absolute atomic E-state index is 11.8. The van der Waals surface area contributed by atoms with Gasteiger partial charge in [0.25, 0.3) is 10.2 Å². The van der Waals surface area contributed by atoms with Crippen LogP contribution in [0.1, 0.15) is 12.0 Å². The minimum Gasteiger partial charge on any atom is -0.330 e. The molecular formula is C12H20ClN3O2S. The van der Waals surface area contributed by atoms with E-state index in [9.17, 15) is 8.42 Å². The average Bonchev–Trinajstić information content (AvgIpc) is 2.38. The van der Waals surface area contributed by atoms with Crippen LogP contribution in [0.25, 0.3) is 0 Å². The average molecular weight is 306 g/mol. The summed E-state index contributed by atoms with van der Waals surface area (Å²) in [5, 5.41) is 0.672. The van der Waals surface area contributed by atoms with Gasteiger partial charge < -0.3 is 5.73 Å². The van der Waals surface area contributed by atoms with Crippen LogP contribution in [0.5, 0.6) is 0 Å². The van der Waals surface area contributed by atoms with Crippen LogP contribution < -0.4 is 10.5 Å². The molecule has 0 bridgehead atoms. The third kappa shape index (κ3) is 5.88. The zero-order valence-electron chi connectivity index (χ0n) is 11.0. The first-order chi connectivity index (χ1) is 8.95. The van der Waals surface area contributed by atoms with Gasteiger partial charge in [0.1, 0.15) is 0 Å². The van der Waals surface area contributed by atoms with E-state index in [1.807, 2.05) is 12.1 Å². The Morgan fingerprint density at radius 2 is 1.95 bits per heavy atom. The molecule has 1 aromatic rings. The number of hydrogen-bond acceptors (Lipinski definition) is 3. The van der Waals surface area contributed by atoms with Crippen molar-refractivity contribution in [1.82, 2.24) is 9.03 Å². The van der Waals surface area contributed by atoms with E-state index >= 15 is 0 Å². The molecule has 0 aromatic heterocycles. The van der Waals surface area contributed by atoms with Gasteiger partial charge in [0.2, 0.25) is 0 Å². The van der Waals surface area contributed by atoms with Crippen molar-refractivity contribution in [2.45, 2.75) is 12.8 Å². The summed E-state index contributed by atoms with van der Waals surface area (Å²) in [6, 6.07) is 7.35. The van der Waals surface area contributed by atoms with Crippen molar-refractivity contribution in [3.63, 3.8) is 0 Å². The molecule has 0 spiro atoms. The molecule has 1 rings (SSSR count). The van der Waals surface area contributed by atoms with Gasteiger partial charge >= 0.3 is 0 Å². The number of nitrogens with zero attached hydrogens (tertiary/aromatic N) is 1. The van der Waals surface area contributed by atoms with E-state index in [2.05, 4.69) is 4.72 Å². The van der Waals surface area contributed by atoms with E-state index in [0.29, 0.717) is 37.5 Å². The highest BCUT2D eigenvalue weighted by Gasteiger charge is 2.15. The second-order valence-corrected chi connectivity index (χ2v) is 6.54. The van der Waals surface area contributed by atoms with Crippen LogP contribution in [0.3, 0.4) is 0 Å². The zero-order chi connectivity index (χ0) is 14.3. The Hall–Kier alpha value is -0.660. The number of rotatable bonds is 8. The first-order valence-electron chi connectivity index (χ1n) is 6.11. The van der Waals surface area contributed by atoms with Crippen LogP contribution in [0.15, 0.2) is 24.3 Å². The van der Waals surface area contributed by atoms with Crippen LogP contribution in [-0.2, 0) is 16.6 Å². The lowest BCUT2D eigenvalue weighted by Crippen LogP contribution is -2.40. The van der Waals surface area contributed by atoms with Crippen molar-refractivity contribution >= 4 is 21.8 Å². The van der Waals surface area contributed by atoms with E-state index in [-0.39, 0.29) is 0 Å². The quantitative estimate of drug-likeness (QED) is 0.752. The van der Waals surface area contributed by atoms with Crippen molar-refractivity contribution in [3.05, 3.63) is 34.9 Å². The second-order valence-electron chi connectivity index (χ2n) is 4.24. The van der Waals surface area contributed by atoms with E-state index in [4.69, 9.17) is 17.3 Å². The Morgan fingerprint density at radius 1 is 1.32 bits per heavy atom. The molecule has 1 aromatic carbocycles. The molecule has 7 heteroatoms. The molecule has 0 unspecified atom stereocenters. The molecule has 19 heavy (non-hydrogen) atoms. The van der Waals surface area contributed by atoms with Crippen LogP contribution in [0.4, 0.5) is 0 Å². The van der Waals surface area contributed by atoms with Gasteiger partial charge in [-0.1, -0.05) is 23.7 Å². The third-order valence-electron chi connectivity index (χ3n) is 2.70. The zero-order valence-corrected chi connectivity index (χ0v) is 12.5. The minimum absolute atomic E-state index is 0.358. The molecule has 0 saturated carbocycles. The second kappa shape index (κ2) is 7.81. The smallest absolute Gasteiger partial charge is 0.279 e. The molecule has 5 nitrogen and oxygen atoms in total. The summed E-state index contributed by atoms with van der Waals surface area (Å²) in [6.45, 7) is 1.26. The highest BCUT2D eigenvalue weighted by Crippen LogP contribution is 2.09. The van der Waals surface area contributed by atoms with Crippen LogP contribution >= 0.6 is 11.6 Å². The van der Waals surface area contributed by atoms with Crippen molar-refractivity contribution in [3.8, 4) is 0 Å². The number of nitrogens with one attached hydrogen (secondary N) is 1. The normalized spacial score (nSPS) is 12.0. The summed E-state index contributed by atoms with van der Waals surface area (Å²) in [5.74, 6) is 0. The summed E-state index contributed by atoms with van der Waals surface area (Å²) >= 11 is 5.78. The fourth-order valence-electron chi connectivity index (χ4n) is 1.52. The maximum atomic E-state index is 11.8. The molecule has 0 radical (unpaired) electrons. The summed E-state index contributed by atoms with van der Waals surface area (Å²) < 4.78 is 27.5. The SMILES string of the molecule is CN(CCCN)S(=O)(=O)NCCc1ccc(Cl)cc1. The summed E-state index contributed by atoms with van der Waals surface area (Å²) in [7, 11) is -1.87. The predicted molar refractivity (Wildman–Crippen MR) is 78.4 cm³/mol. The number of nitrogens with two attached hydrogens (primary N) is 1. The first kappa shape index (κ1) is 16.4. The molecule has 0 heterocycles. The van der Waals surface area contributed by atoms with Gasteiger partial charge in [-0.05, 0) is 37.1 Å². The predicted octanol–water partition coefficient (Wildman–Crippen LogP) is 0.998. The molecule has 0 aliphatic heterocycles. The monoisotopic (exact) mass is 305 g/mol. The lowest BCUT2D eigenvalue weighted by atomic mass is 10.2. The summed E-state index contributed by atoms with van der Waals surface area (Å²) in [5.41, 5.74) is 6.39. The fraction of sp³-hybridized carbons (Fsp3) is 0.500. The van der Waals surface area contributed by atoms with Gasteiger partial charge in [-0.2, -0.15) is 12.7 Å². The molecular weight excluding hydrogens is 286 g/mol. The third-order valence-corrected chi connectivity index (χ3v) is 4.52. The van der Waals surface area contributed by atoms with Crippen LogP contribution in [-0.4, -0.2) is 39.4 Å². The summed E-state index contributed by atoms with van der Waals surface area (Å²) in [6.07, 6.45) is 1.27. The standard InChI is InChI=1S/C12H20ClN3O2S/c1-16(10-2-8-14)19(17,18)15-9-7-11-3-5-12(13)6-4-11/h3-6,15H,2,7-10,14H2,1H3. The lowest BCUT2D eigenvalue weighted by molar-refractivity contribution is 0.453. The molecule has 3 N–H and O–H groups in total. The molecule has 108 valence electrons. The maximum Gasteiger partial charge on any atom is 0.279 e. The van der Waals surface area contributed by atoms with Crippen LogP contribution in [0.2, 0.25) is 5.02 Å². The van der Waals surface area contributed by atoms with E-state index in [0.717, 1.165) is 5.56 Å². The Bertz CT molecular complexity index is 476. The molecule has 0 atom stereocenters. The number of halogens is 1. The number of benzene rings is 1. The molecule has 0 saturated heterocycles. The minimum atomic E-state index is -3.41. The molecule has 0 amide bonds. The Labute approximate surface area is 119 Å². The Kier molecular flexibility index (Phi) is 6.74. The largest absolute Gasteiger partial charge is 0.330 e. The Balaban J connectivity index is 2.41. The molecule has 0 aliphatic carbocycles. The Morgan fingerprint density at radius 3 is 2.53 bits per heavy atom. The topological polar surface area (TPSA) is 75.4 Å². The molecule has 0 aliphatic rings. The highest BCUT2D eigenvalue weighted by molar-refractivity contribution is 7.87. The van der Waals surface area contributed by atoms with Crippen molar-refractivity contribution in [2.75, 3.05) is 26.7 Å². The van der Waals surface area contributed by atoms with E-state index in [1.165, 1.54) is 4.31 Å². The first-order valence-corrected chi connectivity index (χ1v) is 7.93. The van der Waals surface area contributed by atoms with Gasteiger partial charge in [0.15, 0.2) is 0 Å². The molecule has 0 fully saturated rings.